The zero-order valence-electron chi connectivity index (χ0n) is 14.5. The van der Waals surface area contributed by atoms with Gasteiger partial charge >= 0.3 is 13.4 Å². The van der Waals surface area contributed by atoms with E-state index in [2.05, 4.69) is 50.2 Å². The number of carbonyl (C=O) groups excluding carboxylic acids is 1. The number of allylic oxidation sites excluding steroid dienone is 2. The molecule has 2 heterocycles. The Bertz CT molecular complexity index is 842. The molecule has 0 unspecified atom stereocenters. The van der Waals surface area contributed by atoms with Crippen molar-refractivity contribution in [1.82, 2.24) is 4.48 Å². The molecule has 0 spiro atoms. The number of aliphatic imine (C=N–C) groups is 1. The molecule has 1 aliphatic rings. The number of carbonyl (C=O) groups is 1. The van der Waals surface area contributed by atoms with Crippen LogP contribution < -0.4 is 0 Å². The molecule has 0 saturated carbocycles. The quantitative estimate of drug-likeness (QED) is 0.292. The molecule has 0 fully saturated rings. The highest BCUT2D eigenvalue weighted by molar-refractivity contribution is 14.1. The van der Waals surface area contributed by atoms with Crippen LogP contribution >= 0.6 is 45.2 Å². The van der Waals surface area contributed by atoms with E-state index in [1.807, 2.05) is 13.8 Å². The monoisotopic (exact) mass is 572 g/mol. The zero-order valence-corrected chi connectivity index (χ0v) is 18.8. The van der Waals surface area contributed by atoms with Crippen LogP contribution in [0.2, 0.25) is 0 Å². The fourth-order valence-electron chi connectivity index (χ4n) is 2.84. The lowest BCUT2D eigenvalue weighted by Crippen LogP contribution is -2.20. The molecule has 1 aliphatic heterocycles. The van der Waals surface area contributed by atoms with Crippen molar-refractivity contribution < 1.29 is 18.2 Å². The Morgan fingerprint density at radius 1 is 1.24 bits per heavy atom. The zero-order chi connectivity index (χ0) is 19.0. The largest absolute Gasteiger partial charge is 0.677 e. The van der Waals surface area contributed by atoms with Crippen molar-refractivity contribution in [2.24, 2.45) is 4.99 Å². The summed E-state index contributed by atoms with van der Waals surface area (Å²) in [6.45, 7) is 8.42. The summed E-state index contributed by atoms with van der Waals surface area (Å²) < 4.78 is 35.4. The van der Waals surface area contributed by atoms with E-state index >= 15 is 0 Å². The van der Waals surface area contributed by atoms with E-state index in [4.69, 9.17) is 4.74 Å². The van der Waals surface area contributed by atoms with Gasteiger partial charge in [-0.25, -0.2) is 0 Å². The standard InChI is InChI=1S/C16H17BF2I2N2O2/c1-7-13(20)9(3)22-15(7)12(6-25-11(5)24)16-8(2)14(21)10(4)23(16)17(18)19/h6H2,1-5H3/b15-12-. The highest BCUT2D eigenvalue weighted by Gasteiger charge is 2.31. The third-order valence-electron chi connectivity index (χ3n) is 4.07. The lowest BCUT2D eigenvalue weighted by molar-refractivity contribution is -0.139. The Labute approximate surface area is 173 Å². The lowest BCUT2D eigenvalue weighted by atomic mass is 10.0. The second-order valence-electron chi connectivity index (χ2n) is 5.76. The minimum Gasteiger partial charge on any atom is -0.461 e. The summed E-state index contributed by atoms with van der Waals surface area (Å²) in [4.78, 5) is 15.9. The predicted molar refractivity (Wildman–Crippen MR) is 113 cm³/mol. The van der Waals surface area contributed by atoms with Crippen molar-refractivity contribution in [2.45, 2.75) is 34.6 Å². The van der Waals surface area contributed by atoms with E-state index in [1.54, 1.807) is 13.8 Å². The molecule has 0 amide bonds. The van der Waals surface area contributed by atoms with Gasteiger partial charge in [-0.05, 0) is 84.0 Å². The maximum atomic E-state index is 13.8. The molecule has 2 rings (SSSR count). The molecule has 0 saturated heterocycles. The van der Waals surface area contributed by atoms with Crippen LogP contribution in [0, 0.1) is 17.4 Å². The molecule has 134 valence electrons. The maximum absolute atomic E-state index is 13.8. The van der Waals surface area contributed by atoms with Crippen LogP contribution in [0.5, 0.6) is 0 Å². The summed E-state index contributed by atoms with van der Waals surface area (Å²) in [5.41, 5.74) is 4.41. The molecule has 9 heteroatoms. The third kappa shape index (κ3) is 3.86. The second kappa shape index (κ2) is 7.89. The van der Waals surface area contributed by atoms with Crippen molar-refractivity contribution in [3.05, 3.63) is 35.4 Å². The number of rotatable bonds is 4. The van der Waals surface area contributed by atoms with Gasteiger partial charge in [0.15, 0.2) is 0 Å². The van der Waals surface area contributed by atoms with Gasteiger partial charge in [-0.2, -0.15) is 0 Å². The number of ether oxygens (including phenoxy) is 1. The summed E-state index contributed by atoms with van der Waals surface area (Å²) in [6, 6.07) is 0. The molecule has 4 nitrogen and oxygen atoms in total. The highest BCUT2D eigenvalue weighted by atomic mass is 127. The molecule has 0 bridgehead atoms. The number of halogens is 4. The van der Waals surface area contributed by atoms with Gasteiger partial charge in [0, 0.05) is 31.0 Å². The van der Waals surface area contributed by atoms with Crippen molar-refractivity contribution in [3.8, 4) is 0 Å². The van der Waals surface area contributed by atoms with Crippen molar-refractivity contribution in [3.63, 3.8) is 0 Å². The smallest absolute Gasteiger partial charge is 0.461 e. The van der Waals surface area contributed by atoms with Gasteiger partial charge in [0.2, 0.25) is 0 Å². The van der Waals surface area contributed by atoms with Gasteiger partial charge in [-0.15, -0.1) is 0 Å². The third-order valence-corrected chi connectivity index (χ3v) is 7.25. The summed E-state index contributed by atoms with van der Waals surface area (Å²) >= 11 is 4.25. The van der Waals surface area contributed by atoms with Crippen LogP contribution in [0.25, 0.3) is 5.57 Å². The van der Waals surface area contributed by atoms with Crippen LogP contribution in [-0.2, 0) is 9.53 Å². The van der Waals surface area contributed by atoms with Crippen LogP contribution in [-0.4, -0.2) is 30.2 Å². The minimum atomic E-state index is -2.69. The summed E-state index contributed by atoms with van der Waals surface area (Å²) in [7, 11) is -2.69. The van der Waals surface area contributed by atoms with Gasteiger partial charge in [0.1, 0.15) is 6.61 Å². The lowest BCUT2D eigenvalue weighted by Gasteiger charge is -2.15. The van der Waals surface area contributed by atoms with Gasteiger partial charge in [-0.1, -0.05) is 0 Å². The fraction of sp³-hybridized carbons (Fsp3) is 0.375. The van der Waals surface area contributed by atoms with Crippen molar-refractivity contribution in [2.75, 3.05) is 6.61 Å². The first kappa shape index (κ1) is 20.6. The van der Waals surface area contributed by atoms with Crippen molar-refractivity contribution >= 4 is 69.8 Å². The number of hydrogen-bond donors (Lipinski definition) is 0. The molecule has 0 N–H and O–H groups in total. The molecular weight excluding hydrogens is 555 g/mol. The Hall–Kier alpha value is -0.715. The molecule has 0 aliphatic carbocycles. The van der Waals surface area contributed by atoms with E-state index in [9.17, 15) is 13.4 Å². The Morgan fingerprint density at radius 2 is 1.84 bits per heavy atom. The maximum Gasteiger partial charge on any atom is 0.677 e. The number of nitrogens with zero attached hydrogens (tertiary/aromatic N) is 2. The second-order valence-corrected chi connectivity index (χ2v) is 7.92. The normalized spacial score (nSPS) is 16.3. The first-order chi connectivity index (χ1) is 11.6. The van der Waals surface area contributed by atoms with Crippen molar-refractivity contribution in [1.29, 1.82) is 0 Å². The van der Waals surface area contributed by atoms with Crippen LogP contribution in [0.15, 0.2) is 19.8 Å². The molecule has 0 aromatic carbocycles. The minimum absolute atomic E-state index is 0.101. The van der Waals surface area contributed by atoms with E-state index in [0.717, 1.165) is 28.5 Å². The molecule has 0 atom stereocenters. The average Bonchev–Trinajstić information content (AvgIpc) is 2.91. The molecular formula is C16H17BF2I2N2O2. The SMILES string of the molecule is CC(=O)OC/C(=C1/N=C(C)C(I)=C1C)c1c(C)c(I)c(C)n1B(F)F. The Balaban J connectivity index is 2.81. The summed E-state index contributed by atoms with van der Waals surface area (Å²) in [5, 5.41) is 0. The van der Waals surface area contributed by atoms with Crippen LogP contribution in [0.1, 0.15) is 37.7 Å². The fourth-order valence-corrected chi connectivity index (χ4v) is 3.73. The predicted octanol–water partition coefficient (Wildman–Crippen LogP) is 4.94. The topological polar surface area (TPSA) is 43.6 Å². The van der Waals surface area contributed by atoms with Gasteiger partial charge in [-0.3, -0.25) is 18.4 Å². The molecule has 1 aromatic rings. The number of aromatic nitrogens is 1. The number of esters is 1. The van der Waals surface area contributed by atoms with Crippen LogP contribution in [0.3, 0.4) is 0 Å². The van der Waals surface area contributed by atoms with Crippen LogP contribution in [0.4, 0.5) is 8.63 Å². The van der Waals surface area contributed by atoms with Gasteiger partial charge in [0.25, 0.3) is 0 Å². The summed E-state index contributed by atoms with van der Waals surface area (Å²) in [5.74, 6) is -0.465. The highest BCUT2D eigenvalue weighted by Crippen LogP contribution is 2.38. The number of hydrogen-bond acceptors (Lipinski definition) is 3. The Morgan fingerprint density at radius 3 is 2.28 bits per heavy atom. The van der Waals surface area contributed by atoms with E-state index in [-0.39, 0.29) is 6.61 Å². The Kier molecular flexibility index (Phi) is 6.50. The first-order valence-electron chi connectivity index (χ1n) is 7.52. The summed E-state index contributed by atoms with van der Waals surface area (Å²) in [6.07, 6.45) is 0. The molecule has 25 heavy (non-hydrogen) atoms. The van der Waals surface area contributed by atoms with Gasteiger partial charge < -0.3 is 9.21 Å². The van der Waals surface area contributed by atoms with E-state index in [0.29, 0.717) is 22.7 Å². The average molecular weight is 572 g/mol. The van der Waals surface area contributed by atoms with Gasteiger partial charge in [0.05, 0.1) is 11.4 Å². The molecule has 1 aromatic heterocycles. The molecule has 0 radical (unpaired) electrons. The first-order valence-corrected chi connectivity index (χ1v) is 9.68. The van der Waals surface area contributed by atoms with E-state index in [1.165, 1.54) is 6.92 Å². The van der Waals surface area contributed by atoms with E-state index < -0.39 is 13.4 Å².